The number of nitrogens with zero attached hydrogens (tertiary/aromatic N) is 5. The second-order valence-electron chi connectivity index (χ2n) is 13.4. The summed E-state index contributed by atoms with van der Waals surface area (Å²) in [5, 5.41) is 31.1. The van der Waals surface area contributed by atoms with E-state index in [1.54, 1.807) is 12.3 Å². The molecule has 1 aliphatic heterocycles. The zero-order valence-electron chi connectivity index (χ0n) is 30.4. The number of benzene rings is 2. The van der Waals surface area contributed by atoms with Gasteiger partial charge < -0.3 is 25.8 Å². The average Bonchev–Trinajstić information content (AvgIpc) is 3.66. The Morgan fingerprint density at radius 2 is 1.75 bits per heavy atom. The van der Waals surface area contributed by atoms with Crippen LogP contribution in [-0.2, 0) is 37.4 Å². The van der Waals surface area contributed by atoms with E-state index in [4.69, 9.17) is 5.21 Å². The zero-order valence-corrected chi connectivity index (χ0v) is 32.0. The number of imide groups is 1. The third kappa shape index (κ3) is 10.7. The van der Waals surface area contributed by atoms with Crippen molar-refractivity contribution in [3.05, 3.63) is 76.8 Å². The molecule has 4 N–H and O–H groups in total. The summed E-state index contributed by atoms with van der Waals surface area (Å²) in [6.07, 6.45) is 0.411. The number of anilines is 1. The maximum absolute atomic E-state index is 14.3. The Labute approximate surface area is 313 Å². The summed E-state index contributed by atoms with van der Waals surface area (Å²) >= 11 is 1.16. The number of sulfonamides is 1. The second-order valence-corrected chi connectivity index (χ2v) is 16.2. The van der Waals surface area contributed by atoms with Gasteiger partial charge in [-0.05, 0) is 41.5 Å². The van der Waals surface area contributed by atoms with E-state index in [1.165, 1.54) is 46.6 Å². The van der Waals surface area contributed by atoms with Crippen molar-refractivity contribution in [3.63, 3.8) is 0 Å². The average molecular weight is 770 g/mol. The number of carbonyl (C=O) groups excluding carboxylic acids is 4. The zero-order chi connectivity index (χ0) is 38.9. The smallest absolute Gasteiger partial charge is 0.328 e. The lowest BCUT2D eigenvalue weighted by molar-refractivity contribution is -0.129. The summed E-state index contributed by atoms with van der Waals surface area (Å²) in [5.74, 6) is -1.93. The molecule has 15 nitrogen and oxygen atoms in total. The Morgan fingerprint density at radius 3 is 2.36 bits per heavy atom. The first-order valence-electron chi connectivity index (χ1n) is 17.3. The number of urea groups is 1. The monoisotopic (exact) mass is 769 g/mol. The van der Waals surface area contributed by atoms with E-state index in [0.29, 0.717) is 22.8 Å². The Morgan fingerprint density at radius 1 is 1.08 bits per heavy atom. The lowest BCUT2D eigenvalue weighted by Gasteiger charge is -2.34. The van der Waals surface area contributed by atoms with E-state index >= 15 is 0 Å². The predicted octanol–water partition coefficient (Wildman–Crippen LogP) is 3.52. The molecule has 0 spiro atoms. The summed E-state index contributed by atoms with van der Waals surface area (Å²) in [5.41, 5.74) is 1.66. The first-order chi connectivity index (χ1) is 25.1. The Kier molecular flexibility index (Phi) is 14.2. The van der Waals surface area contributed by atoms with Crippen molar-refractivity contribution in [2.75, 3.05) is 25.0 Å². The molecular formula is C36H47N7O8S2. The quantitative estimate of drug-likeness (QED) is 0.0647. The van der Waals surface area contributed by atoms with E-state index in [2.05, 4.69) is 20.8 Å². The van der Waals surface area contributed by atoms with Crippen LogP contribution >= 0.6 is 11.3 Å². The fraction of sp³-hybridized carbons (Fsp3) is 0.444. The molecule has 2 aromatic carbocycles. The topological polar surface area (TPSA) is 202 Å². The summed E-state index contributed by atoms with van der Waals surface area (Å²) in [6, 6.07) is 12.1. The molecule has 1 saturated heterocycles. The molecule has 2 heterocycles. The minimum atomic E-state index is -4.12. The number of carbonyl (C=O) groups is 4. The van der Waals surface area contributed by atoms with Crippen LogP contribution < -0.4 is 10.6 Å². The molecule has 4 atom stereocenters. The molecule has 1 fully saturated rings. The number of aliphatic hydroxyl groups is 1. The van der Waals surface area contributed by atoms with E-state index in [9.17, 15) is 32.7 Å². The second kappa shape index (κ2) is 18.4. The van der Waals surface area contributed by atoms with Crippen molar-refractivity contribution in [1.82, 2.24) is 24.4 Å². The van der Waals surface area contributed by atoms with Crippen LogP contribution in [0.1, 0.15) is 57.9 Å². The maximum Gasteiger partial charge on any atom is 0.328 e. The molecular weight excluding hydrogens is 723 g/mol. The SMILES string of the molecule is CC[C@H](C)[C@@H](C(=O)N[C@@H](Cc1ccccc1)[C@H](O)CN(CC(C)C)S(=O)(=O)c1ccc(C=NO)cc1)N1CC(=O)N(Cc2csc(NC(C)=O)n2)C1=O. The highest BCUT2D eigenvalue weighted by Gasteiger charge is 2.45. The highest BCUT2D eigenvalue weighted by atomic mass is 32.2. The number of nitrogens with one attached hydrogen (secondary N) is 2. The van der Waals surface area contributed by atoms with Gasteiger partial charge in [0, 0.05) is 25.4 Å². The summed E-state index contributed by atoms with van der Waals surface area (Å²) in [4.78, 5) is 59.1. The summed E-state index contributed by atoms with van der Waals surface area (Å²) in [7, 11) is -4.12. The lowest BCUT2D eigenvalue weighted by atomic mass is 9.95. The van der Waals surface area contributed by atoms with Gasteiger partial charge in [0.15, 0.2) is 5.13 Å². The molecule has 3 aromatic rings. The molecule has 1 aromatic heterocycles. The van der Waals surface area contributed by atoms with Crippen molar-refractivity contribution < 1.29 is 37.9 Å². The van der Waals surface area contributed by atoms with Gasteiger partial charge in [-0.2, -0.15) is 4.31 Å². The van der Waals surface area contributed by atoms with Gasteiger partial charge in [-0.3, -0.25) is 19.3 Å². The molecule has 0 radical (unpaired) electrons. The van der Waals surface area contributed by atoms with Crippen LogP contribution in [-0.4, -0.2) is 106 Å². The molecule has 4 rings (SSSR count). The fourth-order valence-corrected chi connectivity index (χ4v) is 8.36. The molecule has 0 unspecified atom stereocenters. The number of thiazole rings is 1. The van der Waals surface area contributed by atoms with Gasteiger partial charge in [-0.15, -0.1) is 11.3 Å². The predicted molar refractivity (Wildman–Crippen MR) is 200 cm³/mol. The molecule has 1 aliphatic rings. The third-order valence-corrected chi connectivity index (χ3v) is 11.5. The van der Waals surface area contributed by atoms with Crippen molar-refractivity contribution in [1.29, 1.82) is 0 Å². The largest absolute Gasteiger partial charge is 0.411 e. The summed E-state index contributed by atoms with van der Waals surface area (Å²) in [6.45, 7) is 7.93. The minimum Gasteiger partial charge on any atom is -0.411 e. The van der Waals surface area contributed by atoms with Crippen LogP contribution in [0.15, 0.2) is 70.0 Å². The Balaban J connectivity index is 1.60. The van der Waals surface area contributed by atoms with Crippen LogP contribution in [0.4, 0.5) is 9.93 Å². The van der Waals surface area contributed by atoms with Gasteiger partial charge in [0.2, 0.25) is 21.8 Å². The first kappa shape index (κ1) is 41.1. The van der Waals surface area contributed by atoms with Crippen LogP contribution in [0.2, 0.25) is 0 Å². The van der Waals surface area contributed by atoms with E-state index < -0.39 is 52.0 Å². The minimum absolute atomic E-state index is 0.0216. The Hall–Kier alpha value is -4.71. The van der Waals surface area contributed by atoms with Crippen molar-refractivity contribution >= 4 is 56.5 Å². The molecule has 0 aliphatic carbocycles. The van der Waals surface area contributed by atoms with Gasteiger partial charge >= 0.3 is 6.03 Å². The fourth-order valence-electron chi connectivity index (χ4n) is 5.99. The molecule has 53 heavy (non-hydrogen) atoms. The highest BCUT2D eigenvalue weighted by Crippen LogP contribution is 2.26. The number of rotatable bonds is 18. The van der Waals surface area contributed by atoms with Crippen LogP contribution in [0.3, 0.4) is 0 Å². The number of hydrogen-bond donors (Lipinski definition) is 4. The van der Waals surface area contributed by atoms with E-state index in [0.717, 1.165) is 21.8 Å². The number of aromatic nitrogens is 1. The normalized spacial score (nSPS) is 16.0. The van der Waals surface area contributed by atoms with Gasteiger partial charge in [0.05, 0.1) is 35.5 Å². The molecule has 0 bridgehead atoms. The van der Waals surface area contributed by atoms with Crippen LogP contribution in [0.25, 0.3) is 0 Å². The standard InChI is InChI=1S/C36H47N7O8S2/c1-6-24(4)33(43-21-32(46)42(36(43)48)19-28-22-52-35(39-28)38-25(5)44)34(47)40-30(16-26-10-8-7-9-11-26)31(45)20-41(18-23(2)3)53(50,51)29-14-12-27(13-15-29)17-37-49/h7-15,17,22-24,30-31,33,45,49H,6,16,18-21H2,1-5H3,(H,40,47)(H,38,39,44)/t24-,30-,31+,33-/m0/s1. The van der Waals surface area contributed by atoms with Crippen molar-refractivity contribution in [2.24, 2.45) is 17.0 Å². The first-order valence-corrected chi connectivity index (χ1v) is 19.6. The summed E-state index contributed by atoms with van der Waals surface area (Å²) < 4.78 is 29.0. The lowest BCUT2D eigenvalue weighted by Crippen LogP contribution is -2.57. The van der Waals surface area contributed by atoms with Gasteiger partial charge in [-0.25, -0.2) is 18.2 Å². The van der Waals surface area contributed by atoms with E-state index in [-0.39, 0.29) is 49.3 Å². The van der Waals surface area contributed by atoms with Gasteiger partial charge in [-0.1, -0.05) is 81.7 Å². The number of hydrogen-bond acceptors (Lipinski definition) is 11. The molecule has 5 amide bonds. The molecule has 286 valence electrons. The molecule has 17 heteroatoms. The highest BCUT2D eigenvalue weighted by molar-refractivity contribution is 7.89. The number of amides is 5. The third-order valence-electron chi connectivity index (χ3n) is 8.80. The van der Waals surface area contributed by atoms with E-state index in [1.807, 2.05) is 51.1 Å². The van der Waals surface area contributed by atoms with Crippen LogP contribution in [0.5, 0.6) is 0 Å². The molecule has 0 saturated carbocycles. The van der Waals surface area contributed by atoms with Crippen molar-refractivity contribution in [2.45, 2.75) is 77.1 Å². The Bertz CT molecular complexity index is 1870. The van der Waals surface area contributed by atoms with Gasteiger partial charge in [0.1, 0.15) is 12.6 Å². The number of oxime groups is 1. The van der Waals surface area contributed by atoms with Crippen molar-refractivity contribution in [3.8, 4) is 0 Å². The maximum atomic E-state index is 14.3. The number of aliphatic hydroxyl groups excluding tert-OH is 1. The van der Waals surface area contributed by atoms with Gasteiger partial charge in [0.25, 0.3) is 5.91 Å². The van der Waals surface area contributed by atoms with Crippen LogP contribution in [0, 0.1) is 11.8 Å².